The molecule has 3 heterocycles. The van der Waals surface area contributed by atoms with Gasteiger partial charge in [0.2, 0.25) is 0 Å². The zero-order valence-electron chi connectivity index (χ0n) is 14.5. The SMILES string of the molecule is CCNc1ncnc2c1ncn2[C@H]1C[C@H](OP(=O)(O)O)[C@@H](COP(=O)(O)O)O1. The summed E-state index contributed by atoms with van der Waals surface area (Å²) in [6, 6.07) is 0. The molecule has 0 aromatic carbocycles. The monoisotopic (exact) mass is 439 g/mol. The number of nitrogens with one attached hydrogen (secondary N) is 1. The molecule has 0 bridgehead atoms. The lowest BCUT2D eigenvalue weighted by atomic mass is 10.2. The predicted octanol–water partition coefficient (Wildman–Crippen LogP) is 0.133. The normalized spacial score (nSPS) is 23.4. The molecule has 0 spiro atoms. The van der Waals surface area contributed by atoms with E-state index in [0.29, 0.717) is 23.5 Å². The number of fused-ring (bicyclic) bond motifs is 1. The van der Waals surface area contributed by atoms with Crippen LogP contribution in [0.3, 0.4) is 0 Å². The number of phosphoric ester groups is 2. The molecule has 0 unspecified atom stereocenters. The lowest BCUT2D eigenvalue weighted by Crippen LogP contribution is -2.28. The van der Waals surface area contributed by atoms with Crippen molar-refractivity contribution in [3.8, 4) is 0 Å². The van der Waals surface area contributed by atoms with Crippen molar-refractivity contribution >= 4 is 32.6 Å². The number of hydrogen-bond acceptors (Lipinski definition) is 9. The van der Waals surface area contributed by atoms with Crippen molar-refractivity contribution in [2.24, 2.45) is 0 Å². The van der Waals surface area contributed by atoms with Gasteiger partial charge in [0.25, 0.3) is 0 Å². The van der Waals surface area contributed by atoms with Gasteiger partial charge in [-0.05, 0) is 6.92 Å². The Morgan fingerprint density at radius 2 is 2.00 bits per heavy atom. The van der Waals surface area contributed by atoms with Gasteiger partial charge in [0, 0.05) is 13.0 Å². The molecule has 3 atom stereocenters. The van der Waals surface area contributed by atoms with Gasteiger partial charge in [0.05, 0.1) is 12.9 Å². The van der Waals surface area contributed by atoms with Crippen LogP contribution in [0.5, 0.6) is 0 Å². The van der Waals surface area contributed by atoms with Gasteiger partial charge in [0.15, 0.2) is 17.0 Å². The minimum atomic E-state index is -4.88. The Kier molecular flexibility index (Phi) is 6.15. The van der Waals surface area contributed by atoms with Crippen LogP contribution in [0, 0.1) is 0 Å². The van der Waals surface area contributed by atoms with E-state index in [4.69, 9.17) is 28.8 Å². The molecule has 0 aliphatic carbocycles. The first-order valence-electron chi connectivity index (χ1n) is 8.08. The van der Waals surface area contributed by atoms with Gasteiger partial charge in [-0.1, -0.05) is 0 Å². The van der Waals surface area contributed by atoms with Gasteiger partial charge in [-0.3, -0.25) is 13.6 Å². The molecule has 14 nitrogen and oxygen atoms in total. The topological polar surface area (TPSA) is 198 Å². The Morgan fingerprint density at radius 1 is 1.25 bits per heavy atom. The van der Waals surface area contributed by atoms with Crippen molar-refractivity contribution in [3.63, 3.8) is 0 Å². The number of aromatic nitrogens is 4. The van der Waals surface area contributed by atoms with Crippen LogP contribution in [-0.2, 0) is 22.9 Å². The lowest BCUT2D eigenvalue weighted by Gasteiger charge is -2.19. The van der Waals surface area contributed by atoms with Crippen LogP contribution in [0.25, 0.3) is 11.2 Å². The number of imidazole rings is 1. The van der Waals surface area contributed by atoms with Crippen LogP contribution in [0.4, 0.5) is 5.82 Å². The first-order chi connectivity index (χ1) is 13.1. The molecule has 3 rings (SSSR count). The Labute approximate surface area is 158 Å². The Balaban J connectivity index is 1.86. The van der Waals surface area contributed by atoms with Crippen LogP contribution in [-0.4, -0.2) is 64.5 Å². The average Bonchev–Trinajstić information content (AvgIpc) is 3.15. The lowest BCUT2D eigenvalue weighted by molar-refractivity contribution is -0.0417. The minimum absolute atomic E-state index is 0.0354. The summed E-state index contributed by atoms with van der Waals surface area (Å²) in [5, 5.41) is 3.04. The van der Waals surface area contributed by atoms with Crippen LogP contribution in [0.15, 0.2) is 12.7 Å². The largest absolute Gasteiger partial charge is 0.469 e. The summed E-state index contributed by atoms with van der Waals surface area (Å²) in [6.45, 7) is 1.87. The molecule has 156 valence electrons. The summed E-state index contributed by atoms with van der Waals surface area (Å²) in [4.78, 5) is 48.4. The maximum atomic E-state index is 11.2. The van der Waals surface area contributed by atoms with E-state index in [1.807, 2.05) is 6.92 Å². The number of nitrogens with zero attached hydrogens (tertiary/aromatic N) is 4. The second-order valence-electron chi connectivity index (χ2n) is 5.86. The smallest absolute Gasteiger partial charge is 0.368 e. The molecule has 5 N–H and O–H groups in total. The zero-order chi connectivity index (χ0) is 20.5. The van der Waals surface area contributed by atoms with Crippen molar-refractivity contribution in [1.82, 2.24) is 19.5 Å². The molecule has 1 saturated heterocycles. The minimum Gasteiger partial charge on any atom is -0.368 e. The van der Waals surface area contributed by atoms with Gasteiger partial charge in [-0.25, -0.2) is 24.1 Å². The molecular formula is C12H19N5O9P2. The molecule has 2 aromatic heterocycles. The fourth-order valence-electron chi connectivity index (χ4n) is 2.84. The fourth-order valence-corrected chi connectivity index (χ4v) is 3.75. The van der Waals surface area contributed by atoms with Crippen LogP contribution < -0.4 is 5.32 Å². The summed E-state index contributed by atoms with van der Waals surface area (Å²) in [7, 11) is -9.68. The van der Waals surface area contributed by atoms with Crippen LogP contribution in [0.2, 0.25) is 0 Å². The van der Waals surface area contributed by atoms with Gasteiger partial charge in [0.1, 0.15) is 24.8 Å². The second kappa shape index (κ2) is 8.11. The Bertz CT molecular complexity index is 927. The van der Waals surface area contributed by atoms with E-state index < -0.39 is 40.7 Å². The number of ether oxygens (including phenoxy) is 1. The maximum Gasteiger partial charge on any atom is 0.469 e. The van der Waals surface area contributed by atoms with E-state index >= 15 is 0 Å². The van der Waals surface area contributed by atoms with Gasteiger partial charge in [-0.15, -0.1) is 0 Å². The molecule has 1 fully saturated rings. The third kappa shape index (κ3) is 5.11. The third-order valence-corrected chi connectivity index (χ3v) is 4.90. The van der Waals surface area contributed by atoms with E-state index in [9.17, 15) is 9.13 Å². The molecule has 0 amide bonds. The van der Waals surface area contributed by atoms with Crippen molar-refractivity contribution in [2.45, 2.75) is 31.8 Å². The van der Waals surface area contributed by atoms with Gasteiger partial charge < -0.3 is 29.6 Å². The molecular weight excluding hydrogens is 420 g/mol. The summed E-state index contributed by atoms with van der Waals surface area (Å²) in [5.41, 5.74) is 0.873. The highest BCUT2D eigenvalue weighted by Gasteiger charge is 2.42. The highest BCUT2D eigenvalue weighted by Crippen LogP contribution is 2.45. The highest BCUT2D eigenvalue weighted by atomic mass is 31.2. The molecule has 0 saturated carbocycles. The van der Waals surface area contributed by atoms with Crippen molar-refractivity contribution in [3.05, 3.63) is 12.7 Å². The van der Waals surface area contributed by atoms with Gasteiger partial charge in [-0.2, -0.15) is 0 Å². The first-order valence-corrected chi connectivity index (χ1v) is 11.1. The van der Waals surface area contributed by atoms with E-state index in [2.05, 4.69) is 24.8 Å². The zero-order valence-corrected chi connectivity index (χ0v) is 16.3. The van der Waals surface area contributed by atoms with Crippen LogP contribution >= 0.6 is 15.6 Å². The second-order valence-corrected chi connectivity index (χ2v) is 8.29. The fraction of sp³-hybridized carbons (Fsp3) is 0.583. The van der Waals surface area contributed by atoms with E-state index in [1.54, 1.807) is 0 Å². The Hall–Kier alpha value is -1.47. The average molecular weight is 439 g/mol. The third-order valence-electron chi connectivity index (χ3n) is 3.87. The molecule has 28 heavy (non-hydrogen) atoms. The summed E-state index contributed by atoms with van der Waals surface area (Å²) < 4.78 is 38.5. The summed E-state index contributed by atoms with van der Waals surface area (Å²) in [6.07, 6.45) is -0.414. The quantitative estimate of drug-likeness (QED) is 0.348. The number of phosphoric acid groups is 2. The van der Waals surface area contributed by atoms with E-state index in [0.717, 1.165) is 0 Å². The number of hydrogen-bond donors (Lipinski definition) is 5. The molecule has 1 aliphatic rings. The van der Waals surface area contributed by atoms with Crippen LogP contribution in [0.1, 0.15) is 19.6 Å². The van der Waals surface area contributed by atoms with Crippen molar-refractivity contribution in [2.75, 3.05) is 18.5 Å². The maximum absolute atomic E-state index is 11.2. The highest BCUT2D eigenvalue weighted by molar-refractivity contribution is 7.46. The predicted molar refractivity (Wildman–Crippen MR) is 92.9 cm³/mol. The van der Waals surface area contributed by atoms with Crippen molar-refractivity contribution < 1.29 is 42.5 Å². The first kappa shape index (κ1) is 21.2. The standard InChI is InChI=1S/C12H19N5O9P2/c1-2-13-11-10-12(15-5-14-11)17(6-16-10)9-3-7(26-28(21,22)23)8(25-9)4-24-27(18,19)20/h5-9H,2-4H2,1H3,(H,13,14,15)(H2,18,19,20)(H2,21,22,23)/t7-,8+,9+/m0/s1. The van der Waals surface area contributed by atoms with E-state index in [1.165, 1.54) is 17.2 Å². The number of anilines is 1. The summed E-state index contributed by atoms with van der Waals surface area (Å²) >= 11 is 0. The molecule has 16 heteroatoms. The Morgan fingerprint density at radius 3 is 2.64 bits per heavy atom. The molecule has 1 aliphatic heterocycles. The molecule has 2 aromatic rings. The van der Waals surface area contributed by atoms with E-state index in [-0.39, 0.29) is 6.42 Å². The molecule has 0 radical (unpaired) electrons. The summed E-state index contributed by atoms with van der Waals surface area (Å²) in [5.74, 6) is 0.508. The number of rotatable bonds is 8. The van der Waals surface area contributed by atoms with Crippen molar-refractivity contribution in [1.29, 1.82) is 0 Å². The van der Waals surface area contributed by atoms with Gasteiger partial charge >= 0.3 is 15.6 Å².